The van der Waals surface area contributed by atoms with Crippen LogP contribution >= 0.6 is 23.1 Å². The van der Waals surface area contributed by atoms with Crippen molar-refractivity contribution in [2.24, 2.45) is 5.92 Å². The molecule has 2 fully saturated rings. The lowest BCUT2D eigenvalue weighted by Gasteiger charge is -2.30. The summed E-state index contributed by atoms with van der Waals surface area (Å²) in [5.74, 6) is -2.17. The Bertz CT molecular complexity index is 1490. The molecule has 0 saturated carbocycles. The monoisotopic (exact) mass is 554 g/mol. The van der Waals surface area contributed by atoms with Crippen molar-refractivity contribution in [3.63, 3.8) is 0 Å². The summed E-state index contributed by atoms with van der Waals surface area (Å²) < 4.78 is 7.10. The molecule has 6 rings (SSSR count). The van der Waals surface area contributed by atoms with Crippen molar-refractivity contribution in [2.45, 2.75) is 42.0 Å². The number of thioether (sulfide) groups is 1. The minimum atomic E-state index is -0.856. The zero-order chi connectivity index (χ0) is 26.6. The Labute approximate surface area is 224 Å². The van der Waals surface area contributed by atoms with Gasteiger partial charge in [0, 0.05) is 25.2 Å². The number of carbonyl (C=O) groups is 3. The van der Waals surface area contributed by atoms with Gasteiger partial charge in [-0.3, -0.25) is 33.9 Å². The molecule has 0 spiro atoms. The van der Waals surface area contributed by atoms with Crippen molar-refractivity contribution in [3.8, 4) is 0 Å². The average molecular weight is 555 g/mol. The number of nitrogens with zero attached hydrogens (tertiary/aromatic N) is 4. The van der Waals surface area contributed by atoms with Crippen molar-refractivity contribution in [1.82, 2.24) is 9.47 Å². The predicted molar refractivity (Wildman–Crippen MR) is 138 cm³/mol. The SMILES string of the molecule is O=C(Cn1c2c(sc1=O)C(c1ccco1)C1C(=O)N(c3ccc([N+](=O)[O-])cc3)C(=O)C1S2)N1CCCCC1. The van der Waals surface area contributed by atoms with Crippen LogP contribution in [0.25, 0.3) is 0 Å². The van der Waals surface area contributed by atoms with Crippen molar-refractivity contribution in [2.75, 3.05) is 18.0 Å². The van der Waals surface area contributed by atoms with E-state index in [1.807, 2.05) is 0 Å². The first-order valence-corrected chi connectivity index (χ1v) is 13.9. The van der Waals surface area contributed by atoms with Gasteiger partial charge in [-0.1, -0.05) is 23.1 Å². The summed E-state index contributed by atoms with van der Waals surface area (Å²) in [4.78, 5) is 67.1. The summed E-state index contributed by atoms with van der Waals surface area (Å²) in [5, 5.41) is 10.7. The molecule has 0 aliphatic carbocycles. The Morgan fingerprint density at radius 1 is 1.05 bits per heavy atom. The maximum absolute atomic E-state index is 13.7. The zero-order valence-corrected chi connectivity index (χ0v) is 21.6. The molecule has 0 radical (unpaired) electrons. The van der Waals surface area contributed by atoms with Gasteiger partial charge in [-0.05, 0) is 43.5 Å². The number of hydrogen-bond donors (Lipinski definition) is 0. The topological polar surface area (TPSA) is 136 Å². The highest BCUT2D eigenvalue weighted by Gasteiger charge is 2.57. The first-order valence-electron chi connectivity index (χ1n) is 12.2. The average Bonchev–Trinajstić information content (AvgIpc) is 3.62. The number of anilines is 1. The number of rotatable bonds is 5. The minimum Gasteiger partial charge on any atom is -0.469 e. The fourth-order valence-corrected chi connectivity index (χ4v) is 8.14. The molecular weight excluding hydrogens is 532 g/mol. The smallest absolute Gasteiger partial charge is 0.308 e. The zero-order valence-electron chi connectivity index (χ0n) is 20.0. The Morgan fingerprint density at radius 2 is 1.79 bits per heavy atom. The van der Waals surface area contributed by atoms with E-state index in [0.717, 1.165) is 47.3 Å². The third kappa shape index (κ3) is 3.97. The maximum Gasteiger partial charge on any atom is 0.308 e. The number of imide groups is 1. The van der Waals surface area contributed by atoms with E-state index in [2.05, 4.69) is 0 Å². The number of piperidine rings is 1. The molecule has 3 atom stereocenters. The quantitative estimate of drug-likeness (QED) is 0.266. The molecule has 3 aromatic rings. The molecule has 13 heteroatoms. The second-order valence-corrected chi connectivity index (χ2v) is 11.5. The standard InChI is InChI=1S/C25H22N4O7S2/c30-17(26-10-2-1-3-11-26)13-27-24-21(38-25(27)33)18(16-5-4-12-36-16)19-20(37-24)23(32)28(22(19)31)14-6-8-15(9-7-14)29(34)35/h4-9,12,18-20H,1-3,10-11,13H2. The van der Waals surface area contributed by atoms with Gasteiger partial charge in [-0.2, -0.15) is 0 Å². The number of likely N-dealkylation sites (tertiary alicyclic amines) is 1. The first-order chi connectivity index (χ1) is 18.3. The van der Waals surface area contributed by atoms with Gasteiger partial charge >= 0.3 is 4.87 Å². The van der Waals surface area contributed by atoms with Gasteiger partial charge in [0.05, 0.1) is 38.6 Å². The largest absolute Gasteiger partial charge is 0.469 e. The highest BCUT2D eigenvalue weighted by atomic mass is 32.2. The number of carbonyl (C=O) groups excluding carboxylic acids is 3. The fraction of sp³-hybridized carbons (Fsp3) is 0.360. The van der Waals surface area contributed by atoms with Crippen LogP contribution in [-0.2, 0) is 20.9 Å². The minimum absolute atomic E-state index is 0.131. The van der Waals surface area contributed by atoms with Crippen LogP contribution in [0.15, 0.2) is 56.9 Å². The van der Waals surface area contributed by atoms with Gasteiger partial charge in [0.15, 0.2) is 0 Å². The third-order valence-electron chi connectivity index (χ3n) is 7.22. The van der Waals surface area contributed by atoms with Crippen molar-refractivity contribution < 1.29 is 23.7 Å². The molecule has 3 amide bonds. The molecule has 2 saturated heterocycles. The lowest BCUT2D eigenvalue weighted by Crippen LogP contribution is -2.39. The maximum atomic E-state index is 13.7. The van der Waals surface area contributed by atoms with E-state index < -0.39 is 33.8 Å². The highest BCUT2D eigenvalue weighted by molar-refractivity contribution is 8.00. The summed E-state index contributed by atoms with van der Waals surface area (Å²) in [6, 6.07) is 8.63. The Hall–Kier alpha value is -3.71. The highest BCUT2D eigenvalue weighted by Crippen LogP contribution is 2.54. The van der Waals surface area contributed by atoms with Crippen molar-refractivity contribution in [3.05, 3.63) is 73.1 Å². The number of furan rings is 1. The predicted octanol–water partition coefficient (Wildman–Crippen LogP) is 3.22. The Balaban J connectivity index is 1.39. The second kappa shape index (κ2) is 9.55. The molecule has 3 aliphatic rings. The van der Waals surface area contributed by atoms with Crippen molar-refractivity contribution in [1.29, 1.82) is 0 Å². The molecule has 3 aliphatic heterocycles. The van der Waals surface area contributed by atoms with Crippen LogP contribution in [0.3, 0.4) is 0 Å². The Morgan fingerprint density at radius 3 is 2.45 bits per heavy atom. The van der Waals surface area contributed by atoms with E-state index in [0.29, 0.717) is 28.8 Å². The number of nitro groups is 1. The van der Waals surface area contributed by atoms with Crippen LogP contribution in [0, 0.1) is 16.0 Å². The number of aromatic nitrogens is 1. The van der Waals surface area contributed by atoms with E-state index in [1.165, 1.54) is 35.1 Å². The van der Waals surface area contributed by atoms with Crippen LogP contribution in [0.2, 0.25) is 0 Å². The summed E-state index contributed by atoms with van der Waals surface area (Å²) in [5.41, 5.74) is 0.0810. The number of hydrogen-bond acceptors (Lipinski definition) is 9. The summed E-state index contributed by atoms with van der Waals surface area (Å²) in [6.45, 7) is 1.18. The summed E-state index contributed by atoms with van der Waals surface area (Å²) in [6.07, 6.45) is 4.40. The van der Waals surface area contributed by atoms with Gasteiger partial charge in [-0.15, -0.1) is 0 Å². The molecule has 0 N–H and O–H groups in total. The lowest BCUT2D eigenvalue weighted by atomic mass is 9.87. The van der Waals surface area contributed by atoms with E-state index >= 15 is 0 Å². The first kappa shape index (κ1) is 24.6. The number of thiazole rings is 1. The van der Waals surface area contributed by atoms with Crippen LogP contribution in [0.4, 0.5) is 11.4 Å². The molecule has 0 bridgehead atoms. The number of non-ortho nitro benzene ring substituents is 1. The van der Waals surface area contributed by atoms with Gasteiger partial charge in [0.25, 0.3) is 5.69 Å². The van der Waals surface area contributed by atoms with Crippen LogP contribution in [0.1, 0.15) is 35.8 Å². The molecule has 5 heterocycles. The van der Waals surface area contributed by atoms with E-state index in [-0.39, 0.29) is 28.7 Å². The fourth-order valence-electron chi connectivity index (χ4n) is 5.39. The summed E-state index contributed by atoms with van der Waals surface area (Å²) in [7, 11) is 0. The molecular formula is C25H22N4O7S2. The summed E-state index contributed by atoms with van der Waals surface area (Å²) >= 11 is 2.09. The van der Waals surface area contributed by atoms with Gasteiger partial charge in [-0.25, -0.2) is 4.90 Å². The van der Waals surface area contributed by atoms with E-state index in [4.69, 9.17) is 4.42 Å². The van der Waals surface area contributed by atoms with Crippen LogP contribution in [-0.4, -0.2) is 50.5 Å². The van der Waals surface area contributed by atoms with Crippen LogP contribution < -0.4 is 9.77 Å². The third-order valence-corrected chi connectivity index (χ3v) is 9.82. The van der Waals surface area contributed by atoms with Gasteiger partial charge in [0.1, 0.15) is 17.6 Å². The molecule has 3 unspecified atom stereocenters. The second-order valence-electron chi connectivity index (χ2n) is 9.41. The molecule has 38 heavy (non-hydrogen) atoms. The number of fused-ring (bicyclic) bond motifs is 2. The molecule has 2 aromatic heterocycles. The molecule has 196 valence electrons. The van der Waals surface area contributed by atoms with Crippen LogP contribution in [0.5, 0.6) is 0 Å². The molecule has 1 aromatic carbocycles. The number of amides is 3. The normalized spacial score (nSPS) is 22.9. The molecule has 11 nitrogen and oxygen atoms in total. The van der Waals surface area contributed by atoms with E-state index in [9.17, 15) is 29.3 Å². The number of nitro benzene ring substituents is 1. The van der Waals surface area contributed by atoms with Gasteiger partial charge < -0.3 is 9.32 Å². The van der Waals surface area contributed by atoms with Gasteiger partial charge in [0.2, 0.25) is 17.7 Å². The van der Waals surface area contributed by atoms with Crippen molar-refractivity contribution >= 4 is 52.2 Å². The Kier molecular flexibility index (Phi) is 6.19. The lowest BCUT2D eigenvalue weighted by molar-refractivity contribution is -0.384. The number of benzene rings is 1. The van der Waals surface area contributed by atoms with E-state index in [1.54, 1.807) is 17.0 Å².